The maximum Gasteiger partial charge on any atom is 0.262 e. The van der Waals surface area contributed by atoms with E-state index in [-0.39, 0.29) is 11.6 Å². The Hall–Kier alpha value is -2.81. The molecule has 0 fully saturated rings. The second-order valence-corrected chi connectivity index (χ2v) is 7.37. The fourth-order valence-electron chi connectivity index (χ4n) is 2.63. The minimum absolute atomic E-state index is 0.0301. The van der Waals surface area contributed by atoms with Gasteiger partial charge < -0.3 is 9.73 Å². The molecule has 0 aliphatic carbocycles. The fourth-order valence-corrected chi connectivity index (χ4v) is 3.05. The summed E-state index contributed by atoms with van der Waals surface area (Å²) in [5.74, 6) is 0.549. The molecular formula is C22H16BrClN2O2. The molecule has 1 heterocycles. The van der Waals surface area contributed by atoms with Crippen LogP contribution in [0.1, 0.15) is 24.3 Å². The van der Waals surface area contributed by atoms with E-state index in [9.17, 15) is 10.1 Å². The zero-order valence-corrected chi connectivity index (χ0v) is 17.3. The number of carbonyl (C=O) groups excluding carboxylic acids is 1. The molecule has 0 spiro atoms. The van der Waals surface area contributed by atoms with Gasteiger partial charge in [0.1, 0.15) is 23.2 Å². The molecule has 0 bridgehead atoms. The molecule has 1 aromatic heterocycles. The van der Waals surface area contributed by atoms with Crippen molar-refractivity contribution in [3.05, 3.63) is 87.1 Å². The van der Waals surface area contributed by atoms with Gasteiger partial charge in [0.05, 0.1) is 11.1 Å². The van der Waals surface area contributed by atoms with Crippen LogP contribution in [0.25, 0.3) is 17.4 Å². The molecule has 0 radical (unpaired) electrons. The molecule has 0 saturated heterocycles. The second-order valence-electron chi connectivity index (χ2n) is 6.11. The van der Waals surface area contributed by atoms with Gasteiger partial charge in [0.25, 0.3) is 5.91 Å². The van der Waals surface area contributed by atoms with Gasteiger partial charge in [-0.15, -0.1) is 0 Å². The van der Waals surface area contributed by atoms with Gasteiger partial charge in [0, 0.05) is 16.1 Å². The van der Waals surface area contributed by atoms with Gasteiger partial charge in [0.2, 0.25) is 0 Å². The smallest absolute Gasteiger partial charge is 0.262 e. The number of carbonyl (C=O) groups is 1. The molecule has 0 unspecified atom stereocenters. The fraction of sp³-hybridized carbons (Fsp3) is 0.0909. The number of hydrogen-bond acceptors (Lipinski definition) is 3. The lowest BCUT2D eigenvalue weighted by molar-refractivity contribution is -0.117. The Bertz CT molecular complexity index is 1070. The van der Waals surface area contributed by atoms with E-state index in [0.717, 1.165) is 15.6 Å². The van der Waals surface area contributed by atoms with Gasteiger partial charge in [-0.3, -0.25) is 4.79 Å². The van der Waals surface area contributed by atoms with Crippen molar-refractivity contribution < 1.29 is 9.21 Å². The Morgan fingerprint density at radius 1 is 1.21 bits per heavy atom. The van der Waals surface area contributed by atoms with Gasteiger partial charge >= 0.3 is 0 Å². The van der Waals surface area contributed by atoms with Crippen LogP contribution in [0.15, 0.2) is 75.1 Å². The number of furan rings is 1. The van der Waals surface area contributed by atoms with Crippen LogP contribution in [-0.2, 0) is 4.79 Å². The number of nitrogens with one attached hydrogen (secondary N) is 1. The van der Waals surface area contributed by atoms with E-state index in [1.807, 2.05) is 55.5 Å². The standard InChI is InChI=1S/C22H16BrClN2O2/c1-14(15-5-3-2-4-6-15)26-22(27)17(13-25)11-18-8-10-21(28-18)16-7-9-19(23)20(24)12-16/h2-12,14H,1H3,(H,26,27)/b17-11-/t14-/m1/s1. The summed E-state index contributed by atoms with van der Waals surface area (Å²) in [5, 5.41) is 12.8. The monoisotopic (exact) mass is 454 g/mol. The quantitative estimate of drug-likeness (QED) is 0.371. The maximum absolute atomic E-state index is 12.5. The maximum atomic E-state index is 12.5. The second kappa shape index (κ2) is 8.92. The molecule has 6 heteroatoms. The number of benzene rings is 2. The normalized spacial score (nSPS) is 12.3. The van der Waals surface area contributed by atoms with Crippen molar-refractivity contribution in [3.63, 3.8) is 0 Å². The molecule has 140 valence electrons. The lowest BCUT2D eigenvalue weighted by Crippen LogP contribution is -2.27. The first-order chi connectivity index (χ1) is 13.5. The van der Waals surface area contributed by atoms with Gasteiger partial charge in [-0.25, -0.2) is 0 Å². The molecule has 0 aliphatic rings. The first-order valence-electron chi connectivity index (χ1n) is 8.51. The van der Waals surface area contributed by atoms with E-state index in [0.29, 0.717) is 16.5 Å². The Morgan fingerprint density at radius 2 is 1.96 bits per heavy atom. The minimum atomic E-state index is -0.455. The third kappa shape index (κ3) is 4.72. The lowest BCUT2D eigenvalue weighted by atomic mass is 10.1. The SMILES string of the molecule is C[C@@H](NC(=O)/C(C#N)=C\c1ccc(-c2ccc(Br)c(Cl)c2)o1)c1ccccc1. The summed E-state index contributed by atoms with van der Waals surface area (Å²) < 4.78 is 6.55. The number of nitriles is 1. The highest BCUT2D eigenvalue weighted by Gasteiger charge is 2.15. The topological polar surface area (TPSA) is 66.0 Å². The number of nitrogens with zero attached hydrogens (tertiary/aromatic N) is 1. The summed E-state index contributed by atoms with van der Waals surface area (Å²) in [6.07, 6.45) is 1.43. The summed E-state index contributed by atoms with van der Waals surface area (Å²) in [4.78, 5) is 12.5. The van der Waals surface area contributed by atoms with Crippen LogP contribution in [0.4, 0.5) is 0 Å². The zero-order chi connectivity index (χ0) is 20.1. The van der Waals surface area contributed by atoms with Crippen molar-refractivity contribution in [2.45, 2.75) is 13.0 Å². The van der Waals surface area contributed by atoms with E-state index in [1.165, 1.54) is 6.08 Å². The zero-order valence-electron chi connectivity index (χ0n) is 14.9. The van der Waals surface area contributed by atoms with Crippen LogP contribution in [0.2, 0.25) is 5.02 Å². The van der Waals surface area contributed by atoms with Crippen molar-refractivity contribution in [2.75, 3.05) is 0 Å². The minimum Gasteiger partial charge on any atom is -0.457 e. The molecule has 3 aromatic rings. The summed E-state index contributed by atoms with van der Waals surface area (Å²) >= 11 is 9.47. The third-order valence-corrected chi connectivity index (χ3v) is 5.36. The number of halogens is 2. The van der Waals surface area contributed by atoms with E-state index in [1.54, 1.807) is 18.2 Å². The largest absolute Gasteiger partial charge is 0.457 e. The van der Waals surface area contributed by atoms with Crippen LogP contribution < -0.4 is 5.32 Å². The Balaban J connectivity index is 1.77. The molecule has 1 amide bonds. The van der Waals surface area contributed by atoms with Crippen LogP contribution in [0.5, 0.6) is 0 Å². The highest BCUT2D eigenvalue weighted by atomic mass is 79.9. The molecule has 1 atom stereocenters. The molecular weight excluding hydrogens is 440 g/mol. The molecule has 0 saturated carbocycles. The number of hydrogen-bond donors (Lipinski definition) is 1. The number of rotatable bonds is 5. The van der Waals surface area contributed by atoms with Crippen molar-refractivity contribution in [1.82, 2.24) is 5.32 Å². The molecule has 2 aromatic carbocycles. The highest BCUT2D eigenvalue weighted by molar-refractivity contribution is 9.10. The van der Waals surface area contributed by atoms with Crippen LogP contribution in [0, 0.1) is 11.3 Å². The Labute approximate surface area is 176 Å². The Morgan fingerprint density at radius 3 is 2.64 bits per heavy atom. The predicted octanol–water partition coefficient (Wildman–Crippen LogP) is 6.15. The van der Waals surface area contributed by atoms with Gasteiger partial charge in [-0.2, -0.15) is 5.26 Å². The molecule has 1 N–H and O–H groups in total. The third-order valence-electron chi connectivity index (χ3n) is 4.13. The van der Waals surface area contributed by atoms with Crippen molar-refractivity contribution in [2.24, 2.45) is 0 Å². The van der Waals surface area contributed by atoms with Crippen molar-refractivity contribution in [3.8, 4) is 17.4 Å². The summed E-state index contributed by atoms with van der Waals surface area (Å²) in [7, 11) is 0. The van der Waals surface area contributed by atoms with Crippen LogP contribution in [-0.4, -0.2) is 5.91 Å². The van der Waals surface area contributed by atoms with Gasteiger partial charge in [0.15, 0.2) is 0 Å². The average Bonchev–Trinajstić information content (AvgIpc) is 3.17. The number of amides is 1. The van der Waals surface area contributed by atoms with E-state index < -0.39 is 5.91 Å². The van der Waals surface area contributed by atoms with Crippen molar-refractivity contribution in [1.29, 1.82) is 5.26 Å². The highest BCUT2D eigenvalue weighted by Crippen LogP contribution is 2.30. The summed E-state index contributed by atoms with van der Waals surface area (Å²) in [6.45, 7) is 1.87. The molecule has 4 nitrogen and oxygen atoms in total. The first kappa shape index (κ1) is 19.9. The predicted molar refractivity (Wildman–Crippen MR) is 113 cm³/mol. The van der Waals surface area contributed by atoms with Crippen LogP contribution >= 0.6 is 27.5 Å². The van der Waals surface area contributed by atoms with E-state index >= 15 is 0 Å². The molecule has 0 aliphatic heterocycles. The van der Waals surface area contributed by atoms with Gasteiger partial charge in [-0.1, -0.05) is 48.0 Å². The Kier molecular flexibility index (Phi) is 6.35. The first-order valence-corrected chi connectivity index (χ1v) is 9.68. The van der Waals surface area contributed by atoms with Crippen LogP contribution in [0.3, 0.4) is 0 Å². The molecule has 28 heavy (non-hydrogen) atoms. The lowest BCUT2D eigenvalue weighted by Gasteiger charge is -2.13. The van der Waals surface area contributed by atoms with Crippen molar-refractivity contribution >= 4 is 39.5 Å². The van der Waals surface area contributed by atoms with E-state index in [2.05, 4.69) is 21.2 Å². The molecule has 3 rings (SSSR count). The average molecular weight is 456 g/mol. The summed E-state index contributed by atoms with van der Waals surface area (Å²) in [5.41, 5.74) is 1.73. The van der Waals surface area contributed by atoms with Gasteiger partial charge in [-0.05, 0) is 52.7 Å². The van der Waals surface area contributed by atoms with E-state index in [4.69, 9.17) is 16.0 Å². The summed E-state index contributed by atoms with van der Waals surface area (Å²) in [6, 6.07) is 20.2.